The summed E-state index contributed by atoms with van der Waals surface area (Å²) < 4.78 is 2.15. The molecule has 0 saturated heterocycles. The molecule has 2 aromatic heterocycles. The van der Waals surface area contributed by atoms with E-state index in [4.69, 9.17) is 4.98 Å². The van der Waals surface area contributed by atoms with Crippen LogP contribution in [0.2, 0.25) is 0 Å². The minimum absolute atomic E-state index is 0.645. The Hall–Kier alpha value is -1.31. The highest BCUT2D eigenvalue weighted by molar-refractivity contribution is 5.40. The van der Waals surface area contributed by atoms with E-state index in [0.717, 1.165) is 5.65 Å². The van der Waals surface area contributed by atoms with E-state index in [9.17, 15) is 0 Å². The van der Waals surface area contributed by atoms with Crippen molar-refractivity contribution < 1.29 is 0 Å². The van der Waals surface area contributed by atoms with Gasteiger partial charge in [0.25, 0.3) is 0 Å². The number of fused-ring (bicyclic) bond motifs is 1. The largest absolute Gasteiger partial charge is 0.307 e. The van der Waals surface area contributed by atoms with Crippen molar-refractivity contribution in [2.75, 3.05) is 0 Å². The Morgan fingerprint density at radius 2 is 1.80 bits per heavy atom. The van der Waals surface area contributed by atoms with Crippen LogP contribution in [0.5, 0.6) is 0 Å². The Balaban J connectivity index is 2.04. The molecule has 2 aromatic rings. The van der Waals surface area contributed by atoms with Crippen LogP contribution >= 0.6 is 0 Å². The highest BCUT2D eigenvalue weighted by atomic mass is 15.0. The molecule has 0 spiro atoms. The molecule has 0 amide bonds. The second-order valence-corrected chi connectivity index (χ2v) is 5.82. The predicted molar refractivity (Wildman–Crippen MR) is 86.2 cm³/mol. The monoisotopic (exact) mass is 272 g/mol. The molecule has 2 heteroatoms. The van der Waals surface area contributed by atoms with Crippen molar-refractivity contribution in [2.24, 2.45) is 0 Å². The van der Waals surface area contributed by atoms with E-state index in [-0.39, 0.29) is 0 Å². The number of pyridine rings is 1. The van der Waals surface area contributed by atoms with Gasteiger partial charge >= 0.3 is 0 Å². The zero-order chi connectivity index (χ0) is 14.2. The first kappa shape index (κ1) is 15.1. The van der Waals surface area contributed by atoms with Gasteiger partial charge in [0.05, 0.1) is 5.69 Å². The summed E-state index contributed by atoms with van der Waals surface area (Å²) in [5.41, 5.74) is 2.37. The molecule has 20 heavy (non-hydrogen) atoms. The third-order valence-corrected chi connectivity index (χ3v) is 4.11. The van der Waals surface area contributed by atoms with Gasteiger partial charge < -0.3 is 4.40 Å². The van der Waals surface area contributed by atoms with E-state index >= 15 is 0 Å². The summed E-state index contributed by atoms with van der Waals surface area (Å²) in [6.45, 7) is 4.55. The van der Waals surface area contributed by atoms with Crippen LogP contribution in [0.25, 0.3) is 5.65 Å². The van der Waals surface area contributed by atoms with Crippen LogP contribution in [0, 0.1) is 0 Å². The van der Waals surface area contributed by atoms with E-state index in [1.807, 2.05) is 0 Å². The molecule has 0 N–H and O–H groups in total. The van der Waals surface area contributed by atoms with Crippen LogP contribution in [-0.4, -0.2) is 9.38 Å². The van der Waals surface area contributed by atoms with Crippen molar-refractivity contribution in [1.29, 1.82) is 0 Å². The molecule has 1 atom stereocenters. The SMILES string of the molecule is CCCCCCC(CCCC)c1cn2ccccc2n1. The van der Waals surface area contributed by atoms with E-state index in [1.54, 1.807) is 0 Å². The number of nitrogens with zero attached hydrogens (tertiary/aromatic N) is 2. The fraction of sp³-hybridized carbons (Fsp3) is 0.611. The molecule has 0 aliphatic rings. The fourth-order valence-electron chi connectivity index (χ4n) is 2.86. The van der Waals surface area contributed by atoms with Gasteiger partial charge in [0.2, 0.25) is 0 Å². The maximum Gasteiger partial charge on any atom is 0.136 e. The van der Waals surface area contributed by atoms with E-state index in [1.165, 1.54) is 57.1 Å². The molecule has 2 heterocycles. The normalized spacial score (nSPS) is 12.9. The number of aromatic nitrogens is 2. The van der Waals surface area contributed by atoms with E-state index in [0.29, 0.717) is 5.92 Å². The minimum Gasteiger partial charge on any atom is -0.307 e. The van der Waals surface area contributed by atoms with Crippen LogP contribution in [-0.2, 0) is 0 Å². The van der Waals surface area contributed by atoms with Crippen LogP contribution in [0.1, 0.15) is 76.8 Å². The fourth-order valence-corrected chi connectivity index (χ4v) is 2.86. The van der Waals surface area contributed by atoms with Crippen LogP contribution < -0.4 is 0 Å². The maximum absolute atomic E-state index is 4.83. The lowest BCUT2D eigenvalue weighted by Gasteiger charge is -2.14. The molecule has 1 unspecified atom stereocenters. The van der Waals surface area contributed by atoms with Gasteiger partial charge in [-0.15, -0.1) is 0 Å². The number of unbranched alkanes of at least 4 members (excludes halogenated alkanes) is 4. The summed E-state index contributed by atoms with van der Waals surface area (Å²) in [5.74, 6) is 0.645. The first-order valence-corrected chi connectivity index (χ1v) is 8.28. The zero-order valence-electron chi connectivity index (χ0n) is 13.0. The van der Waals surface area contributed by atoms with Crippen molar-refractivity contribution >= 4 is 5.65 Å². The molecule has 0 saturated carbocycles. The molecule has 0 radical (unpaired) electrons. The number of imidazole rings is 1. The molecule has 2 nitrogen and oxygen atoms in total. The van der Waals surface area contributed by atoms with Crippen molar-refractivity contribution in [3.05, 3.63) is 36.3 Å². The molecule has 110 valence electrons. The predicted octanol–water partition coefficient (Wildman–Crippen LogP) is 5.58. The number of rotatable bonds is 9. The van der Waals surface area contributed by atoms with Crippen LogP contribution in [0.4, 0.5) is 0 Å². The summed E-state index contributed by atoms with van der Waals surface area (Å²) in [5, 5.41) is 0. The molecule has 0 bridgehead atoms. The van der Waals surface area contributed by atoms with Gasteiger partial charge in [-0.2, -0.15) is 0 Å². The lowest BCUT2D eigenvalue weighted by molar-refractivity contribution is 0.502. The number of hydrogen-bond donors (Lipinski definition) is 0. The lowest BCUT2D eigenvalue weighted by Crippen LogP contribution is -2.00. The highest BCUT2D eigenvalue weighted by Gasteiger charge is 2.14. The molecule has 0 aliphatic carbocycles. The second-order valence-electron chi connectivity index (χ2n) is 5.82. The average Bonchev–Trinajstić information content (AvgIpc) is 2.90. The van der Waals surface area contributed by atoms with E-state index in [2.05, 4.69) is 48.8 Å². The summed E-state index contributed by atoms with van der Waals surface area (Å²) in [6.07, 6.45) is 14.9. The Bertz CT molecular complexity index is 468. The molecule has 0 aliphatic heterocycles. The molecule has 0 fully saturated rings. The van der Waals surface area contributed by atoms with Crippen LogP contribution in [0.3, 0.4) is 0 Å². The third kappa shape index (κ3) is 4.09. The van der Waals surface area contributed by atoms with Crippen molar-refractivity contribution in [3.63, 3.8) is 0 Å². The highest BCUT2D eigenvalue weighted by Crippen LogP contribution is 2.27. The summed E-state index contributed by atoms with van der Waals surface area (Å²) >= 11 is 0. The van der Waals surface area contributed by atoms with Gasteiger partial charge in [-0.05, 0) is 25.0 Å². The number of hydrogen-bond acceptors (Lipinski definition) is 1. The summed E-state index contributed by atoms with van der Waals surface area (Å²) in [7, 11) is 0. The first-order chi connectivity index (χ1) is 9.85. The molecular weight excluding hydrogens is 244 g/mol. The smallest absolute Gasteiger partial charge is 0.136 e. The Morgan fingerprint density at radius 1 is 1.00 bits per heavy atom. The quantitative estimate of drug-likeness (QED) is 0.545. The molecule has 2 rings (SSSR count). The lowest BCUT2D eigenvalue weighted by atomic mass is 9.93. The molecular formula is C18H28N2. The van der Waals surface area contributed by atoms with Gasteiger partial charge in [0, 0.05) is 18.3 Å². The maximum atomic E-state index is 4.83. The Morgan fingerprint density at radius 3 is 2.55 bits per heavy atom. The second kappa shape index (κ2) is 8.08. The first-order valence-electron chi connectivity index (χ1n) is 8.28. The van der Waals surface area contributed by atoms with Crippen molar-refractivity contribution in [3.8, 4) is 0 Å². The Kier molecular flexibility index (Phi) is 6.10. The van der Waals surface area contributed by atoms with Crippen molar-refractivity contribution in [1.82, 2.24) is 9.38 Å². The van der Waals surface area contributed by atoms with Gasteiger partial charge in [0.15, 0.2) is 0 Å². The van der Waals surface area contributed by atoms with Crippen molar-refractivity contribution in [2.45, 2.75) is 71.1 Å². The Labute approximate surface area is 123 Å². The average molecular weight is 272 g/mol. The summed E-state index contributed by atoms with van der Waals surface area (Å²) in [4.78, 5) is 4.83. The van der Waals surface area contributed by atoms with Gasteiger partial charge in [0.1, 0.15) is 5.65 Å². The third-order valence-electron chi connectivity index (χ3n) is 4.11. The van der Waals surface area contributed by atoms with E-state index < -0.39 is 0 Å². The zero-order valence-corrected chi connectivity index (χ0v) is 13.0. The van der Waals surface area contributed by atoms with Gasteiger partial charge in [-0.25, -0.2) is 4.98 Å². The minimum atomic E-state index is 0.645. The summed E-state index contributed by atoms with van der Waals surface area (Å²) in [6, 6.07) is 6.23. The van der Waals surface area contributed by atoms with Gasteiger partial charge in [-0.3, -0.25) is 0 Å². The van der Waals surface area contributed by atoms with Crippen LogP contribution in [0.15, 0.2) is 30.6 Å². The topological polar surface area (TPSA) is 17.3 Å². The standard InChI is InChI=1S/C18H28N2/c1-3-5-7-8-12-16(11-6-4-2)17-15-20-14-10-9-13-18(20)19-17/h9-10,13-16H,3-8,11-12H2,1-2H3. The van der Waals surface area contributed by atoms with Gasteiger partial charge in [-0.1, -0.05) is 58.4 Å². The molecule has 0 aromatic carbocycles.